The third-order valence-electron chi connectivity index (χ3n) is 3.85. The Balaban J connectivity index is 1.79. The third-order valence-corrected chi connectivity index (χ3v) is 3.85. The zero-order valence-corrected chi connectivity index (χ0v) is 13.5. The molecular formula is C18H16N4O3. The molecule has 0 radical (unpaired) electrons. The molecule has 1 aliphatic heterocycles. The maximum Gasteiger partial charge on any atom is 0.293 e. The highest BCUT2D eigenvalue weighted by Crippen LogP contribution is 2.23. The lowest BCUT2D eigenvalue weighted by molar-refractivity contribution is -0.138. The molecular weight excluding hydrogens is 320 g/mol. The minimum absolute atomic E-state index is 0.196. The largest absolute Gasteiger partial charge is 0.385 e. The number of benzene rings is 2. The average molecular weight is 336 g/mol. The number of nitrogens with two attached hydrogens (primary N) is 1. The predicted octanol–water partition coefficient (Wildman–Crippen LogP) is 1.44. The number of Topliss-reactive ketones (excluding diaryl/α,β-unsaturated/α-hetero) is 1. The van der Waals surface area contributed by atoms with Gasteiger partial charge in [0.05, 0.1) is 5.69 Å². The van der Waals surface area contributed by atoms with Crippen LogP contribution < -0.4 is 16.1 Å². The summed E-state index contributed by atoms with van der Waals surface area (Å²) in [5.74, 6) is -4.09. The van der Waals surface area contributed by atoms with Gasteiger partial charge >= 0.3 is 0 Å². The lowest BCUT2D eigenvalue weighted by Gasteiger charge is -2.13. The lowest BCUT2D eigenvalue weighted by atomic mass is 10.0. The van der Waals surface area contributed by atoms with Gasteiger partial charge in [-0.1, -0.05) is 36.4 Å². The molecule has 126 valence electrons. The summed E-state index contributed by atoms with van der Waals surface area (Å²) in [5.41, 5.74) is 7.52. The van der Waals surface area contributed by atoms with Crippen molar-refractivity contribution in [3.63, 3.8) is 0 Å². The summed E-state index contributed by atoms with van der Waals surface area (Å²) in [6.45, 7) is 1.80. The number of amidine groups is 1. The standard InChI is InChI=1S/C18H16N4O3/c1-11-7-5-6-10-13(11)20-17(24)15(23)14-16(19)21-22(18(14)25)12-8-3-2-4-9-12/h2-10,14H,1H3,(H2,19,21)(H,20,24)/t14-/m1/s1. The monoisotopic (exact) mass is 336 g/mol. The van der Waals surface area contributed by atoms with Crippen LogP contribution in [0.4, 0.5) is 11.4 Å². The third kappa shape index (κ3) is 3.12. The van der Waals surface area contributed by atoms with Crippen LogP contribution in [-0.4, -0.2) is 23.4 Å². The number of nitrogens with zero attached hydrogens (tertiary/aromatic N) is 2. The number of amides is 2. The number of carbonyl (C=O) groups is 3. The van der Waals surface area contributed by atoms with Gasteiger partial charge in [0.15, 0.2) is 5.92 Å². The van der Waals surface area contributed by atoms with E-state index in [0.29, 0.717) is 11.4 Å². The second kappa shape index (κ2) is 6.56. The predicted molar refractivity (Wildman–Crippen MR) is 93.9 cm³/mol. The Hall–Kier alpha value is -3.48. The van der Waals surface area contributed by atoms with Crippen LogP contribution in [0.2, 0.25) is 0 Å². The summed E-state index contributed by atoms with van der Waals surface area (Å²) < 4.78 is 0. The van der Waals surface area contributed by atoms with E-state index in [1.165, 1.54) is 0 Å². The number of rotatable bonds is 4. The molecule has 0 fully saturated rings. The molecule has 25 heavy (non-hydrogen) atoms. The van der Waals surface area contributed by atoms with E-state index in [9.17, 15) is 14.4 Å². The summed E-state index contributed by atoms with van der Waals surface area (Å²) in [7, 11) is 0. The molecule has 0 saturated carbocycles. The fourth-order valence-corrected chi connectivity index (χ4v) is 2.50. The number of aryl methyl sites for hydroxylation is 1. The normalized spacial score (nSPS) is 16.5. The first-order chi connectivity index (χ1) is 12.0. The Kier molecular flexibility index (Phi) is 4.30. The van der Waals surface area contributed by atoms with E-state index in [1.807, 2.05) is 6.07 Å². The van der Waals surface area contributed by atoms with Crippen LogP contribution in [0.15, 0.2) is 59.7 Å². The molecule has 2 aromatic carbocycles. The second-order valence-electron chi connectivity index (χ2n) is 5.58. The molecule has 0 bridgehead atoms. The van der Waals surface area contributed by atoms with E-state index >= 15 is 0 Å². The number of ketones is 1. The quantitative estimate of drug-likeness (QED) is 0.651. The Morgan fingerprint density at radius 3 is 2.40 bits per heavy atom. The van der Waals surface area contributed by atoms with Gasteiger partial charge in [0, 0.05) is 5.69 Å². The van der Waals surface area contributed by atoms with Crippen LogP contribution in [0.25, 0.3) is 0 Å². The van der Waals surface area contributed by atoms with Crippen molar-refractivity contribution in [1.82, 2.24) is 0 Å². The fourth-order valence-electron chi connectivity index (χ4n) is 2.50. The highest BCUT2D eigenvalue weighted by molar-refractivity contribution is 6.50. The Morgan fingerprint density at radius 2 is 1.72 bits per heavy atom. The smallest absolute Gasteiger partial charge is 0.293 e. The molecule has 0 saturated heterocycles. The van der Waals surface area contributed by atoms with E-state index in [2.05, 4.69) is 10.4 Å². The van der Waals surface area contributed by atoms with Crippen molar-refractivity contribution in [2.75, 3.05) is 10.3 Å². The number of anilines is 2. The van der Waals surface area contributed by atoms with Crippen LogP contribution in [0.3, 0.4) is 0 Å². The molecule has 1 heterocycles. The number of para-hydroxylation sites is 2. The van der Waals surface area contributed by atoms with Gasteiger partial charge in [0.2, 0.25) is 5.78 Å². The molecule has 0 aromatic heterocycles. The number of carbonyl (C=O) groups excluding carboxylic acids is 3. The maximum atomic E-state index is 12.5. The van der Waals surface area contributed by atoms with E-state index in [-0.39, 0.29) is 5.84 Å². The Bertz CT molecular complexity index is 877. The fraction of sp³-hybridized carbons (Fsp3) is 0.111. The van der Waals surface area contributed by atoms with Crippen molar-refractivity contribution < 1.29 is 14.4 Å². The minimum atomic E-state index is -1.41. The zero-order chi connectivity index (χ0) is 18.0. The van der Waals surface area contributed by atoms with Crippen LogP contribution >= 0.6 is 0 Å². The molecule has 0 unspecified atom stereocenters. The van der Waals surface area contributed by atoms with Crippen molar-refractivity contribution in [1.29, 1.82) is 0 Å². The molecule has 2 amide bonds. The number of hydrogen-bond donors (Lipinski definition) is 2. The van der Waals surface area contributed by atoms with E-state index < -0.39 is 23.5 Å². The van der Waals surface area contributed by atoms with Gasteiger partial charge in [-0.05, 0) is 30.7 Å². The van der Waals surface area contributed by atoms with Gasteiger partial charge in [-0.25, -0.2) is 0 Å². The Labute approximate surface area is 144 Å². The van der Waals surface area contributed by atoms with Crippen molar-refractivity contribution in [2.24, 2.45) is 16.8 Å². The van der Waals surface area contributed by atoms with Crippen LogP contribution in [0.5, 0.6) is 0 Å². The molecule has 2 aromatic rings. The summed E-state index contributed by atoms with van der Waals surface area (Å²) in [6.07, 6.45) is 0. The molecule has 3 rings (SSSR count). The van der Waals surface area contributed by atoms with Crippen LogP contribution in [0.1, 0.15) is 5.56 Å². The molecule has 7 heteroatoms. The van der Waals surface area contributed by atoms with Crippen LogP contribution in [0, 0.1) is 12.8 Å². The average Bonchev–Trinajstić information content (AvgIpc) is 2.91. The van der Waals surface area contributed by atoms with Crippen molar-refractivity contribution in [2.45, 2.75) is 6.92 Å². The summed E-state index contributed by atoms with van der Waals surface area (Å²) in [6, 6.07) is 15.6. The highest BCUT2D eigenvalue weighted by Gasteiger charge is 2.43. The first-order valence-corrected chi connectivity index (χ1v) is 7.63. The SMILES string of the molecule is Cc1ccccc1NC(=O)C(=O)[C@H]1C(=O)N(c2ccccc2)N=C1N. The molecule has 1 aliphatic rings. The summed E-state index contributed by atoms with van der Waals surface area (Å²) in [5, 5.41) is 7.48. The van der Waals surface area contributed by atoms with E-state index in [1.54, 1.807) is 55.5 Å². The van der Waals surface area contributed by atoms with Gasteiger partial charge < -0.3 is 11.1 Å². The molecule has 3 N–H and O–H groups in total. The zero-order valence-electron chi connectivity index (χ0n) is 13.5. The number of hydrogen-bond acceptors (Lipinski definition) is 5. The summed E-state index contributed by atoms with van der Waals surface area (Å²) >= 11 is 0. The topological polar surface area (TPSA) is 105 Å². The van der Waals surface area contributed by atoms with Crippen molar-refractivity contribution in [3.05, 3.63) is 60.2 Å². The summed E-state index contributed by atoms with van der Waals surface area (Å²) in [4.78, 5) is 37.2. The maximum absolute atomic E-state index is 12.5. The highest BCUT2D eigenvalue weighted by atomic mass is 16.2. The molecule has 0 aliphatic carbocycles. The van der Waals surface area contributed by atoms with Gasteiger partial charge in [-0.3, -0.25) is 14.4 Å². The minimum Gasteiger partial charge on any atom is -0.385 e. The first kappa shape index (κ1) is 16.4. The number of hydrazone groups is 1. The second-order valence-corrected chi connectivity index (χ2v) is 5.58. The lowest BCUT2D eigenvalue weighted by Crippen LogP contribution is -2.41. The van der Waals surface area contributed by atoms with Crippen molar-refractivity contribution >= 4 is 34.8 Å². The van der Waals surface area contributed by atoms with Gasteiger partial charge in [-0.15, -0.1) is 0 Å². The first-order valence-electron chi connectivity index (χ1n) is 7.63. The van der Waals surface area contributed by atoms with Crippen LogP contribution in [-0.2, 0) is 14.4 Å². The van der Waals surface area contributed by atoms with Crippen molar-refractivity contribution in [3.8, 4) is 0 Å². The molecule has 7 nitrogen and oxygen atoms in total. The van der Waals surface area contributed by atoms with Gasteiger partial charge in [-0.2, -0.15) is 10.1 Å². The van der Waals surface area contributed by atoms with E-state index in [4.69, 9.17) is 5.73 Å². The Morgan fingerprint density at radius 1 is 1.08 bits per heavy atom. The molecule has 0 spiro atoms. The van der Waals surface area contributed by atoms with E-state index in [0.717, 1.165) is 10.6 Å². The number of nitrogens with one attached hydrogen (secondary N) is 1. The van der Waals surface area contributed by atoms with Gasteiger partial charge in [0.25, 0.3) is 11.8 Å². The molecule has 1 atom stereocenters. The van der Waals surface area contributed by atoms with Gasteiger partial charge in [0.1, 0.15) is 5.84 Å².